The minimum Gasteiger partial charge on any atom is -0.226 e. The molecule has 0 nitrogen and oxygen atoms in total. The maximum Gasteiger partial charge on any atom is 0.187 e. The predicted molar refractivity (Wildman–Crippen MR) is 52.6 cm³/mol. The highest BCUT2D eigenvalue weighted by atomic mass is 35.5. The van der Waals surface area contributed by atoms with E-state index in [0.717, 1.165) is 12.8 Å². The standard InChI is InChI=1S/C11H12ClF/c12-11(13)8-10(11)7-6-9-4-2-1-3-5-9/h1-5,10H,6-8H2/t10-,11?/m1/s1. The Labute approximate surface area is 82.7 Å². The Morgan fingerprint density at radius 3 is 2.54 bits per heavy atom. The minimum absolute atomic E-state index is 0.0781. The molecular formula is C11H12ClF. The van der Waals surface area contributed by atoms with E-state index in [1.165, 1.54) is 5.56 Å². The highest BCUT2D eigenvalue weighted by Gasteiger charge is 2.53. The van der Waals surface area contributed by atoms with Crippen LogP contribution < -0.4 is 0 Å². The van der Waals surface area contributed by atoms with Crippen LogP contribution in [0.4, 0.5) is 4.39 Å². The number of benzene rings is 1. The lowest BCUT2D eigenvalue weighted by Crippen LogP contribution is -1.94. The van der Waals surface area contributed by atoms with Crippen LogP contribution in [0.1, 0.15) is 18.4 Å². The van der Waals surface area contributed by atoms with Crippen LogP contribution >= 0.6 is 11.6 Å². The first-order chi connectivity index (χ1) is 6.18. The van der Waals surface area contributed by atoms with Crippen LogP contribution in [0.5, 0.6) is 0 Å². The molecule has 2 heteroatoms. The largest absolute Gasteiger partial charge is 0.226 e. The van der Waals surface area contributed by atoms with Gasteiger partial charge in [-0.15, -0.1) is 0 Å². The highest BCUT2D eigenvalue weighted by molar-refractivity contribution is 6.24. The molecule has 0 amide bonds. The Balaban J connectivity index is 1.82. The number of hydrogen-bond donors (Lipinski definition) is 0. The second-order valence-corrected chi connectivity index (χ2v) is 4.31. The van der Waals surface area contributed by atoms with Crippen LogP contribution in [0.15, 0.2) is 30.3 Å². The summed E-state index contributed by atoms with van der Waals surface area (Å²) in [7, 11) is 0. The molecule has 1 saturated carbocycles. The summed E-state index contributed by atoms with van der Waals surface area (Å²) in [5.41, 5.74) is 1.27. The lowest BCUT2D eigenvalue weighted by atomic mass is 10.1. The Morgan fingerprint density at radius 1 is 1.38 bits per heavy atom. The van der Waals surface area contributed by atoms with Gasteiger partial charge in [-0.2, -0.15) is 0 Å². The van der Waals surface area contributed by atoms with Crippen molar-refractivity contribution in [3.8, 4) is 0 Å². The first-order valence-electron chi connectivity index (χ1n) is 4.60. The van der Waals surface area contributed by atoms with Gasteiger partial charge < -0.3 is 0 Å². The van der Waals surface area contributed by atoms with E-state index >= 15 is 0 Å². The van der Waals surface area contributed by atoms with E-state index in [4.69, 9.17) is 11.6 Å². The van der Waals surface area contributed by atoms with Crippen molar-refractivity contribution in [1.82, 2.24) is 0 Å². The van der Waals surface area contributed by atoms with Crippen molar-refractivity contribution in [2.75, 3.05) is 0 Å². The topological polar surface area (TPSA) is 0 Å². The third-order valence-corrected chi connectivity index (χ3v) is 3.04. The van der Waals surface area contributed by atoms with E-state index in [9.17, 15) is 4.39 Å². The maximum absolute atomic E-state index is 12.9. The Kier molecular flexibility index (Phi) is 2.29. The van der Waals surface area contributed by atoms with Crippen molar-refractivity contribution in [2.45, 2.75) is 24.4 Å². The molecule has 13 heavy (non-hydrogen) atoms. The summed E-state index contributed by atoms with van der Waals surface area (Å²) in [5, 5.41) is -1.38. The molecule has 0 heterocycles. The molecule has 0 saturated heterocycles. The molecule has 0 N–H and O–H groups in total. The zero-order valence-corrected chi connectivity index (χ0v) is 8.10. The van der Waals surface area contributed by atoms with Gasteiger partial charge in [-0.05, 0) is 18.4 Å². The van der Waals surface area contributed by atoms with Crippen LogP contribution in [0.2, 0.25) is 0 Å². The molecule has 2 rings (SSSR count). The Morgan fingerprint density at radius 2 is 2.00 bits per heavy atom. The van der Waals surface area contributed by atoms with E-state index in [2.05, 4.69) is 12.1 Å². The SMILES string of the molecule is FC1(Cl)C[C@H]1CCc1ccccc1. The first kappa shape index (κ1) is 9.01. The Hall–Kier alpha value is -0.560. The number of rotatable bonds is 3. The smallest absolute Gasteiger partial charge is 0.187 e. The molecule has 1 aromatic rings. The fraction of sp³-hybridized carbons (Fsp3) is 0.455. The normalized spacial score (nSPS) is 31.7. The van der Waals surface area contributed by atoms with E-state index in [1.807, 2.05) is 18.2 Å². The van der Waals surface area contributed by atoms with Crippen LogP contribution in [-0.4, -0.2) is 5.13 Å². The lowest BCUT2D eigenvalue weighted by molar-refractivity contribution is 0.388. The van der Waals surface area contributed by atoms with Crippen molar-refractivity contribution in [3.05, 3.63) is 35.9 Å². The van der Waals surface area contributed by atoms with Crippen LogP contribution in [0.3, 0.4) is 0 Å². The number of aryl methyl sites for hydroxylation is 1. The third-order valence-electron chi connectivity index (χ3n) is 2.58. The Bertz CT molecular complexity index is 281. The second-order valence-electron chi connectivity index (χ2n) is 3.69. The predicted octanol–water partition coefficient (Wildman–Crippen LogP) is 3.54. The van der Waals surface area contributed by atoms with Gasteiger partial charge in [0.15, 0.2) is 5.13 Å². The highest BCUT2D eigenvalue weighted by Crippen LogP contribution is 2.53. The molecule has 1 aromatic carbocycles. The molecule has 0 aromatic heterocycles. The zero-order chi connectivity index (χ0) is 9.31. The minimum atomic E-state index is -1.38. The third kappa shape index (κ3) is 2.22. The monoisotopic (exact) mass is 198 g/mol. The second kappa shape index (κ2) is 3.30. The van der Waals surface area contributed by atoms with Crippen LogP contribution in [-0.2, 0) is 6.42 Å². The summed E-state index contributed by atoms with van der Waals surface area (Å²) in [4.78, 5) is 0. The van der Waals surface area contributed by atoms with Crippen molar-refractivity contribution >= 4 is 11.6 Å². The number of hydrogen-bond acceptors (Lipinski definition) is 0. The summed E-state index contributed by atoms with van der Waals surface area (Å²) in [5.74, 6) is 0.0781. The van der Waals surface area contributed by atoms with Crippen molar-refractivity contribution in [3.63, 3.8) is 0 Å². The molecule has 0 aliphatic heterocycles. The fourth-order valence-electron chi connectivity index (χ4n) is 1.57. The molecule has 0 spiro atoms. The van der Waals surface area contributed by atoms with Gasteiger partial charge in [0.2, 0.25) is 0 Å². The molecule has 1 fully saturated rings. The maximum atomic E-state index is 12.9. The summed E-state index contributed by atoms with van der Waals surface area (Å²) < 4.78 is 12.9. The average Bonchev–Trinajstić information content (AvgIpc) is 2.73. The number of alkyl halides is 2. The molecule has 0 radical (unpaired) electrons. The van der Waals surface area contributed by atoms with Crippen LogP contribution in [0.25, 0.3) is 0 Å². The van der Waals surface area contributed by atoms with Gasteiger partial charge in [-0.1, -0.05) is 41.9 Å². The molecule has 1 aliphatic rings. The van der Waals surface area contributed by atoms with E-state index in [-0.39, 0.29) is 5.92 Å². The van der Waals surface area contributed by atoms with Crippen LogP contribution in [0, 0.1) is 5.92 Å². The van der Waals surface area contributed by atoms with Crippen molar-refractivity contribution in [1.29, 1.82) is 0 Å². The number of halogens is 2. The summed E-state index contributed by atoms with van der Waals surface area (Å²) >= 11 is 5.51. The molecule has 70 valence electrons. The van der Waals surface area contributed by atoms with E-state index in [0.29, 0.717) is 6.42 Å². The summed E-state index contributed by atoms with van der Waals surface area (Å²) in [6.07, 6.45) is 2.33. The molecular weight excluding hydrogens is 187 g/mol. The van der Waals surface area contributed by atoms with Gasteiger partial charge in [0.25, 0.3) is 0 Å². The fourth-order valence-corrected chi connectivity index (χ4v) is 1.86. The summed E-state index contributed by atoms with van der Waals surface area (Å²) in [6.45, 7) is 0. The lowest BCUT2D eigenvalue weighted by Gasteiger charge is -2.00. The average molecular weight is 199 g/mol. The molecule has 1 unspecified atom stereocenters. The van der Waals surface area contributed by atoms with Gasteiger partial charge in [-0.3, -0.25) is 0 Å². The molecule has 2 atom stereocenters. The zero-order valence-electron chi connectivity index (χ0n) is 7.34. The first-order valence-corrected chi connectivity index (χ1v) is 4.98. The van der Waals surface area contributed by atoms with Gasteiger partial charge in [-0.25, -0.2) is 4.39 Å². The van der Waals surface area contributed by atoms with Gasteiger partial charge >= 0.3 is 0 Å². The van der Waals surface area contributed by atoms with Gasteiger partial charge in [0.05, 0.1) is 0 Å². The molecule has 1 aliphatic carbocycles. The van der Waals surface area contributed by atoms with Crippen molar-refractivity contribution < 1.29 is 4.39 Å². The van der Waals surface area contributed by atoms with Gasteiger partial charge in [0.1, 0.15) is 0 Å². The van der Waals surface area contributed by atoms with E-state index < -0.39 is 5.13 Å². The van der Waals surface area contributed by atoms with E-state index in [1.54, 1.807) is 0 Å². The van der Waals surface area contributed by atoms with Gasteiger partial charge in [0, 0.05) is 12.3 Å². The van der Waals surface area contributed by atoms with Crippen molar-refractivity contribution in [2.24, 2.45) is 5.92 Å². The summed E-state index contributed by atoms with van der Waals surface area (Å²) in [6, 6.07) is 10.1. The molecule has 0 bridgehead atoms. The quantitative estimate of drug-likeness (QED) is 0.652.